The minimum atomic E-state index is -0.541. The van der Waals surface area contributed by atoms with Gasteiger partial charge in [-0.3, -0.25) is 4.79 Å². The van der Waals surface area contributed by atoms with E-state index in [0.717, 1.165) is 11.1 Å². The van der Waals surface area contributed by atoms with Crippen LogP contribution >= 0.6 is 0 Å². The first-order valence-electron chi connectivity index (χ1n) is 11.5. The van der Waals surface area contributed by atoms with Crippen LogP contribution in [0, 0.1) is 12.7 Å². The Hall–Kier alpha value is -4.18. The van der Waals surface area contributed by atoms with E-state index in [1.807, 2.05) is 26.0 Å². The predicted octanol–water partition coefficient (Wildman–Crippen LogP) is 4.45. The van der Waals surface area contributed by atoms with Crippen LogP contribution in [0.3, 0.4) is 0 Å². The lowest BCUT2D eigenvalue weighted by Crippen LogP contribution is -2.23. The molecule has 2 aromatic carbocycles. The molecule has 188 valence electrons. The summed E-state index contributed by atoms with van der Waals surface area (Å²) in [5.41, 5.74) is 4.23. The quantitative estimate of drug-likeness (QED) is 0.315. The predicted molar refractivity (Wildman–Crippen MR) is 135 cm³/mol. The van der Waals surface area contributed by atoms with Gasteiger partial charge in [-0.05, 0) is 43.7 Å². The second kappa shape index (κ2) is 11.0. The number of methoxy groups -OCH3 is 2. The minimum absolute atomic E-state index is 0.121. The van der Waals surface area contributed by atoms with Crippen molar-refractivity contribution in [3.8, 4) is 28.6 Å². The van der Waals surface area contributed by atoms with Gasteiger partial charge in [-0.1, -0.05) is 6.07 Å². The van der Waals surface area contributed by atoms with E-state index in [9.17, 15) is 9.18 Å². The second-order valence-electron chi connectivity index (χ2n) is 7.98. The number of carbonyl (C=O) groups excluding carboxylic acids is 1. The van der Waals surface area contributed by atoms with Crippen LogP contribution in [0.1, 0.15) is 22.8 Å². The standard InChI is InChI=1S/C26H28FN5O4/c1-5-28-26(33)19-8-6-17(12-16(19)2)22-15-30-25-21(29-10-11-34-3)14-24(31-32(22)25)36-18-7-9-23(35-4)20(27)13-18/h6-9,12-15,29H,5,10-11H2,1-4H3,(H,28,33). The Labute approximate surface area is 208 Å². The van der Waals surface area contributed by atoms with Gasteiger partial charge in [0.25, 0.3) is 5.91 Å². The number of hydrogen-bond acceptors (Lipinski definition) is 7. The number of fused-ring (bicyclic) bond motifs is 1. The molecule has 0 spiro atoms. The highest BCUT2D eigenvalue weighted by atomic mass is 19.1. The number of anilines is 1. The summed E-state index contributed by atoms with van der Waals surface area (Å²) in [6.07, 6.45) is 1.71. The van der Waals surface area contributed by atoms with Gasteiger partial charge in [-0.2, -0.15) is 0 Å². The number of aromatic nitrogens is 3. The first-order chi connectivity index (χ1) is 17.4. The number of benzene rings is 2. The number of nitrogens with one attached hydrogen (secondary N) is 2. The Bertz CT molecular complexity index is 1390. The van der Waals surface area contributed by atoms with Crippen LogP contribution < -0.4 is 20.1 Å². The van der Waals surface area contributed by atoms with Crippen LogP contribution in [-0.4, -0.2) is 54.4 Å². The number of nitrogens with zero attached hydrogens (tertiary/aromatic N) is 3. The van der Waals surface area contributed by atoms with Crippen molar-refractivity contribution in [2.24, 2.45) is 0 Å². The fourth-order valence-electron chi connectivity index (χ4n) is 3.78. The van der Waals surface area contributed by atoms with E-state index in [4.69, 9.17) is 14.2 Å². The molecule has 0 unspecified atom stereocenters. The number of aryl methyl sites for hydroxylation is 1. The van der Waals surface area contributed by atoms with Crippen molar-refractivity contribution in [1.29, 1.82) is 0 Å². The maximum absolute atomic E-state index is 14.2. The van der Waals surface area contributed by atoms with Gasteiger partial charge in [0.05, 0.1) is 31.3 Å². The van der Waals surface area contributed by atoms with Gasteiger partial charge in [0.2, 0.25) is 5.88 Å². The number of amides is 1. The molecular formula is C26H28FN5O4. The summed E-state index contributed by atoms with van der Waals surface area (Å²) >= 11 is 0. The van der Waals surface area contributed by atoms with Crippen molar-refractivity contribution in [2.45, 2.75) is 13.8 Å². The maximum Gasteiger partial charge on any atom is 0.251 e. The van der Waals surface area contributed by atoms with E-state index in [1.54, 1.807) is 36.0 Å². The molecule has 0 aliphatic heterocycles. The third kappa shape index (κ3) is 5.23. The Kier molecular flexibility index (Phi) is 7.65. The molecule has 2 N–H and O–H groups in total. The largest absolute Gasteiger partial charge is 0.494 e. The number of rotatable bonds is 10. The molecule has 4 aromatic rings. The lowest BCUT2D eigenvalue weighted by Gasteiger charge is -2.12. The van der Waals surface area contributed by atoms with Crippen molar-refractivity contribution in [3.63, 3.8) is 0 Å². The zero-order chi connectivity index (χ0) is 25.7. The average Bonchev–Trinajstić information content (AvgIpc) is 3.28. The molecule has 2 aromatic heterocycles. The molecule has 0 saturated carbocycles. The molecule has 1 amide bonds. The van der Waals surface area contributed by atoms with Gasteiger partial charge in [0.15, 0.2) is 17.2 Å². The minimum Gasteiger partial charge on any atom is -0.494 e. The van der Waals surface area contributed by atoms with E-state index >= 15 is 0 Å². The highest BCUT2D eigenvalue weighted by Crippen LogP contribution is 2.31. The summed E-state index contributed by atoms with van der Waals surface area (Å²) in [6.45, 7) is 5.34. The van der Waals surface area contributed by atoms with E-state index in [2.05, 4.69) is 20.7 Å². The van der Waals surface area contributed by atoms with E-state index < -0.39 is 5.82 Å². The molecule has 4 rings (SSSR count). The number of halogens is 1. The van der Waals surface area contributed by atoms with Crippen LogP contribution in [-0.2, 0) is 4.74 Å². The molecule has 2 heterocycles. The van der Waals surface area contributed by atoms with Gasteiger partial charge >= 0.3 is 0 Å². The molecule has 0 bridgehead atoms. The zero-order valence-corrected chi connectivity index (χ0v) is 20.6. The number of imidazole rings is 1. The fourth-order valence-corrected chi connectivity index (χ4v) is 3.78. The van der Waals surface area contributed by atoms with Gasteiger partial charge < -0.3 is 24.8 Å². The van der Waals surface area contributed by atoms with Crippen LogP contribution in [0.5, 0.6) is 17.4 Å². The van der Waals surface area contributed by atoms with Gasteiger partial charge in [-0.25, -0.2) is 13.9 Å². The lowest BCUT2D eigenvalue weighted by molar-refractivity contribution is 0.0955. The average molecular weight is 494 g/mol. The molecule has 10 heteroatoms. The normalized spacial score (nSPS) is 10.9. The molecule has 0 saturated heterocycles. The highest BCUT2D eigenvalue weighted by Gasteiger charge is 2.16. The summed E-state index contributed by atoms with van der Waals surface area (Å²) < 4.78 is 31.9. The van der Waals surface area contributed by atoms with Gasteiger partial charge in [0.1, 0.15) is 5.75 Å². The van der Waals surface area contributed by atoms with Gasteiger partial charge in [0, 0.05) is 43.5 Å². The summed E-state index contributed by atoms with van der Waals surface area (Å²) in [4.78, 5) is 16.9. The van der Waals surface area contributed by atoms with Crippen LogP contribution in [0.4, 0.5) is 10.1 Å². The zero-order valence-electron chi connectivity index (χ0n) is 20.6. The summed E-state index contributed by atoms with van der Waals surface area (Å²) in [5.74, 6) is -0.0323. The second-order valence-corrected chi connectivity index (χ2v) is 7.98. The fraction of sp³-hybridized carbons (Fsp3) is 0.269. The summed E-state index contributed by atoms with van der Waals surface area (Å²) in [5, 5.41) is 10.7. The van der Waals surface area contributed by atoms with Crippen molar-refractivity contribution in [3.05, 3.63) is 65.6 Å². The SMILES string of the molecule is CCNC(=O)c1ccc(-c2cnc3c(NCCOC)cc(Oc4ccc(OC)c(F)c4)nn23)cc1C. The Morgan fingerprint density at radius 3 is 2.67 bits per heavy atom. The maximum atomic E-state index is 14.2. The van der Waals surface area contributed by atoms with E-state index in [1.165, 1.54) is 19.2 Å². The number of carbonyl (C=O) groups is 1. The van der Waals surface area contributed by atoms with Crippen LogP contribution in [0.25, 0.3) is 16.9 Å². The first kappa shape index (κ1) is 24.9. The third-order valence-electron chi connectivity index (χ3n) is 5.52. The summed E-state index contributed by atoms with van der Waals surface area (Å²) in [6, 6.07) is 11.6. The molecule has 0 atom stereocenters. The van der Waals surface area contributed by atoms with Crippen molar-refractivity contribution in [1.82, 2.24) is 19.9 Å². The number of hydrogen-bond donors (Lipinski definition) is 2. The monoisotopic (exact) mass is 493 g/mol. The van der Waals surface area contributed by atoms with Crippen molar-refractivity contribution in [2.75, 3.05) is 39.2 Å². The van der Waals surface area contributed by atoms with E-state index in [0.29, 0.717) is 42.3 Å². The third-order valence-corrected chi connectivity index (χ3v) is 5.52. The van der Waals surface area contributed by atoms with Crippen LogP contribution in [0.2, 0.25) is 0 Å². The smallest absolute Gasteiger partial charge is 0.251 e. The lowest BCUT2D eigenvalue weighted by atomic mass is 10.0. The first-order valence-corrected chi connectivity index (χ1v) is 11.5. The molecule has 36 heavy (non-hydrogen) atoms. The Balaban J connectivity index is 1.75. The van der Waals surface area contributed by atoms with E-state index in [-0.39, 0.29) is 23.3 Å². The molecule has 0 radical (unpaired) electrons. The van der Waals surface area contributed by atoms with Crippen LogP contribution in [0.15, 0.2) is 48.7 Å². The Morgan fingerprint density at radius 1 is 1.14 bits per heavy atom. The van der Waals surface area contributed by atoms with Gasteiger partial charge in [-0.15, -0.1) is 5.10 Å². The Morgan fingerprint density at radius 2 is 1.97 bits per heavy atom. The molecule has 0 fully saturated rings. The molecule has 0 aliphatic carbocycles. The molecular weight excluding hydrogens is 465 g/mol. The van der Waals surface area contributed by atoms with Crippen molar-refractivity contribution < 1.29 is 23.4 Å². The number of ether oxygens (including phenoxy) is 3. The summed E-state index contributed by atoms with van der Waals surface area (Å²) in [7, 11) is 3.02. The molecule has 9 nitrogen and oxygen atoms in total. The highest BCUT2D eigenvalue weighted by molar-refractivity contribution is 5.96. The topological polar surface area (TPSA) is 99.0 Å². The van der Waals surface area contributed by atoms with Crippen molar-refractivity contribution >= 4 is 17.2 Å². The molecule has 0 aliphatic rings.